The van der Waals surface area contributed by atoms with Gasteiger partial charge < -0.3 is 0 Å². The molecule has 0 amide bonds. The first-order valence-electron chi connectivity index (χ1n) is 7.67. The Hall–Kier alpha value is -1.67. The number of hydrogen-bond donors (Lipinski definition) is 1. The standard InChI is InChI=1S/C17H18ClN3O2S2/c1-12-9-13(2)21(20-12)16(14-7-8-24-11-14)10-19-25(22,23)17-6-4-3-5-15(17)18/h3-9,11,16,19H,10H2,1-2H3. The summed E-state index contributed by atoms with van der Waals surface area (Å²) in [5.74, 6) is 0. The molecule has 0 bridgehead atoms. The number of benzene rings is 1. The van der Waals surface area contributed by atoms with Gasteiger partial charge in [0.2, 0.25) is 10.0 Å². The Balaban J connectivity index is 1.90. The van der Waals surface area contributed by atoms with E-state index in [4.69, 9.17) is 11.6 Å². The Morgan fingerprint density at radius 2 is 2.04 bits per heavy atom. The molecule has 0 radical (unpaired) electrons. The molecule has 3 aromatic rings. The Bertz CT molecular complexity index is 966. The number of rotatable bonds is 6. The van der Waals surface area contributed by atoms with Crippen LogP contribution in [0.3, 0.4) is 0 Å². The number of aromatic nitrogens is 2. The molecule has 0 saturated carbocycles. The summed E-state index contributed by atoms with van der Waals surface area (Å²) in [6.07, 6.45) is 0. The van der Waals surface area contributed by atoms with Crippen molar-refractivity contribution in [2.45, 2.75) is 24.8 Å². The topological polar surface area (TPSA) is 64.0 Å². The molecule has 0 fully saturated rings. The van der Waals surface area contributed by atoms with Crippen molar-refractivity contribution in [3.63, 3.8) is 0 Å². The second-order valence-electron chi connectivity index (χ2n) is 5.73. The lowest BCUT2D eigenvalue weighted by Gasteiger charge is -2.19. The lowest BCUT2D eigenvalue weighted by atomic mass is 10.1. The summed E-state index contributed by atoms with van der Waals surface area (Å²) in [5.41, 5.74) is 2.88. The van der Waals surface area contributed by atoms with E-state index < -0.39 is 10.0 Å². The molecular formula is C17H18ClN3O2S2. The summed E-state index contributed by atoms with van der Waals surface area (Å²) in [6.45, 7) is 4.07. The number of hydrogen-bond acceptors (Lipinski definition) is 4. The van der Waals surface area contributed by atoms with Crippen LogP contribution in [0, 0.1) is 13.8 Å². The van der Waals surface area contributed by atoms with E-state index in [1.807, 2.05) is 41.4 Å². The maximum absolute atomic E-state index is 12.6. The van der Waals surface area contributed by atoms with E-state index in [-0.39, 0.29) is 22.5 Å². The minimum absolute atomic E-state index is 0.0779. The van der Waals surface area contributed by atoms with E-state index in [0.717, 1.165) is 17.0 Å². The first-order chi connectivity index (χ1) is 11.9. The van der Waals surface area contributed by atoms with Crippen LogP contribution in [0.15, 0.2) is 52.1 Å². The summed E-state index contributed by atoms with van der Waals surface area (Å²) >= 11 is 7.60. The summed E-state index contributed by atoms with van der Waals surface area (Å²) in [4.78, 5) is 0.0779. The van der Waals surface area contributed by atoms with Gasteiger partial charge in [-0.2, -0.15) is 16.4 Å². The molecule has 0 aliphatic heterocycles. The van der Waals surface area contributed by atoms with Crippen LogP contribution in [0.5, 0.6) is 0 Å². The number of nitrogens with zero attached hydrogens (tertiary/aromatic N) is 2. The van der Waals surface area contributed by atoms with Gasteiger partial charge in [0.05, 0.1) is 16.8 Å². The lowest BCUT2D eigenvalue weighted by Crippen LogP contribution is -2.32. The molecule has 1 aromatic carbocycles. The van der Waals surface area contributed by atoms with Crippen LogP contribution in [-0.2, 0) is 10.0 Å². The molecule has 0 spiro atoms. The second kappa shape index (κ2) is 7.29. The summed E-state index contributed by atoms with van der Waals surface area (Å²) in [5, 5.41) is 8.69. The molecule has 1 unspecified atom stereocenters. The number of nitrogens with one attached hydrogen (secondary N) is 1. The Morgan fingerprint density at radius 1 is 1.28 bits per heavy atom. The van der Waals surface area contributed by atoms with Gasteiger partial charge in [0.1, 0.15) is 4.90 Å². The van der Waals surface area contributed by atoms with Crippen molar-refractivity contribution < 1.29 is 8.42 Å². The van der Waals surface area contributed by atoms with E-state index in [0.29, 0.717) is 0 Å². The van der Waals surface area contributed by atoms with Gasteiger partial charge in [-0.15, -0.1) is 0 Å². The molecule has 2 heterocycles. The van der Waals surface area contributed by atoms with Gasteiger partial charge in [-0.1, -0.05) is 23.7 Å². The predicted octanol–water partition coefficient (Wildman–Crippen LogP) is 3.78. The lowest BCUT2D eigenvalue weighted by molar-refractivity contribution is 0.495. The first-order valence-corrected chi connectivity index (χ1v) is 10.5. The summed E-state index contributed by atoms with van der Waals surface area (Å²) in [6, 6.07) is 10.1. The quantitative estimate of drug-likeness (QED) is 0.690. The highest BCUT2D eigenvalue weighted by Gasteiger charge is 2.23. The number of sulfonamides is 1. The SMILES string of the molecule is Cc1cc(C)n(C(CNS(=O)(=O)c2ccccc2Cl)c2ccsc2)n1. The number of halogens is 1. The fraction of sp³-hybridized carbons (Fsp3) is 0.235. The molecule has 8 heteroatoms. The molecule has 5 nitrogen and oxygen atoms in total. The van der Waals surface area contributed by atoms with Gasteiger partial charge in [0, 0.05) is 12.2 Å². The molecule has 1 atom stereocenters. The molecule has 0 aliphatic rings. The highest BCUT2D eigenvalue weighted by atomic mass is 35.5. The molecule has 3 rings (SSSR count). The molecule has 25 heavy (non-hydrogen) atoms. The fourth-order valence-corrected chi connectivity index (χ4v) is 4.96. The smallest absolute Gasteiger partial charge is 0.242 e. The van der Waals surface area contributed by atoms with Crippen LogP contribution in [-0.4, -0.2) is 24.7 Å². The third-order valence-corrected chi connectivity index (χ3v) is 6.49. The Kier molecular flexibility index (Phi) is 5.29. The Morgan fingerprint density at radius 3 is 2.64 bits per heavy atom. The van der Waals surface area contributed by atoms with Gasteiger partial charge in [-0.05, 0) is 54.4 Å². The highest BCUT2D eigenvalue weighted by Crippen LogP contribution is 2.24. The van der Waals surface area contributed by atoms with E-state index >= 15 is 0 Å². The zero-order valence-electron chi connectivity index (χ0n) is 13.8. The molecule has 0 aliphatic carbocycles. The maximum atomic E-state index is 12.6. The van der Waals surface area contributed by atoms with Crippen LogP contribution in [0.1, 0.15) is 23.0 Å². The second-order valence-corrected chi connectivity index (χ2v) is 8.65. The van der Waals surface area contributed by atoms with E-state index in [2.05, 4.69) is 9.82 Å². The normalized spacial score (nSPS) is 13.1. The maximum Gasteiger partial charge on any atom is 0.242 e. The summed E-state index contributed by atoms with van der Waals surface area (Å²) < 4.78 is 29.8. The van der Waals surface area contributed by atoms with Crippen molar-refractivity contribution in [3.05, 3.63) is 69.1 Å². The average molecular weight is 396 g/mol. The summed E-state index contributed by atoms with van der Waals surface area (Å²) in [7, 11) is -3.71. The van der Waals surface area contributed by atoms with Crippen LogP contribution in [0.4, 0.5) is 0 Å². The van der Waals surface area contributed by atoms with Crippen LogP contribution in [0.25, 0.3) is 0 Å². The third kappa shape index (κ3) is 3.95. The molecule has 0 saturated heterocycles. The Labute approximate surface area is 156 Å². The van der Waals surface area contributed by atoms with Gasteiger partial charge in [0.25, 0.3) is 0 Å². The largest absolute Gasteiger partial charge is 0.261 e. The minimum Gasteiger partial charge on any atom is -0.261 e. The third-order valence-electron chi connectivity index (χ3n) is 3.86. The van der Waals surface area contributed by atoms with Gasteiger partial charge in [-0.3, -0.25) is 4.68 Å². The van der Waals surface area contributed by atoms with Crippen molar-refractivity contribution in [1.29, 1.82) is 0 Å². The van der Waals surface area contributed by atoms with Crippen LogP contribution in [0.2, 0.25) is 5.02 Å². The van der Waals surface area contributed by atoms with Crippen molar-refractivity contribution in [3.8, 4) is 0 Å². The van der Waals surface area contributed by atoms with Crippen molar-refractivity contribution >= 4 is 33.0 Å². The fourth-order valence-electron chi connectivity index (χ4n) is 2.70. The molecule has 1 N–H and O–H groups in total. The minimum atomic E-state index is -3.71. The number of aryl methyl sites for hydroxylation is 2. The van der Waals surface area contributed by atoms with Gasteiger partial charge >= 0.3 is 0 Å². The first kappa shape index (κ1) is 18.1. The number of thiophene rings is 1. The highest BCUT2D eigenvalue weighted by molar-refractivity contribution is 7.89. The van der Waals surface area contributed by atoms with Crippen LogP contribution < -0.4 is 4.72 Å². The van der Waals surface area contributed by atoms with Crippen molar-refractivity contribution in [2.24, 2.45) is 0 Å². The van der Waals surface area contributed by atoms with E-state index in [1.165, 1.54) is 6.07 Å². The van der Waals surface area contributed by atoms with E-state index in [9.17, 15) is 8.42 Å². The van der Waals surface area contributed by atoms with Crippen molar-refractivity contribution in [2.75, 3.05) is 6.54 Å². The molecular weight excluding hydrogens is 378 g/mol. The zero-order valence-corrected chi connectivity index (χ0v) is 16.2. The predicted molar refractivity (Wildman–Crippen MR) is 101 cm³/mol. The van der Waals surface area contributed by atoms with E-state index in [1.54, 1.807) is 29.5 Å². The van der Waals surface area contributed by atoms with Gasteiger partial charge in [0.15, 0.2) is 0 Å². The zero-order chi connectivity index (χ0) is 18.0. The van der Waals surface area contributed by atoms with Crippen LogP contribution >= 0.6 is 22.9 Å². The monoisotopic (exact) mass is 395 g/mol. The van der Waals surface area contributed by atoms with Crippen molar-refractivity contribution in [1.82, 2.24) is 14.5 Å². The molecule has 132 valence electrons. The average Bonchev–Trinajstić information content (AvgIpc) is 3.18. The van der Waals surface area contributed by atoms with Gasteiger partial charge in [-0.25, -0.2) is 13.1 Å². The molecule has 2 aromatic heterocycles.